The molecule has 1 saturated carbocycles. The molecule has 6 rings (SSSR count). The summed E-state index contributed by atoms with van der Waals surface area (Å²) in [6, 6.07) is 1.53. The number of halogens is 5. The maximum absolute atomic E-state index is 14.3. The van der Waals surface area contributed by atoms with Gasteiger partial charge in [0.15, 0.2) is 11.5 Å². The summed E-state index contributed by atoms with van der Waals surface area (Å²) in [5.74, 6) is -0.173. The van der Waals surface area contributed by atoms with Gasteiger partial charge >= 0.3 is 12.8 Å². The van der Waals surface area contributed by atoms with Crippen LogP contribution in [0.15, 0.2) is 60.0 Å². The van der Waals surface area contributed by atoms with Crippen molar-refractivity contribution in [1.82, 2.24) is 39.0 Å². The molecule has 5 heterocycles. The van der Waals surface area contributed by atoms with Gasteiger partial charge in [-0.05, 0) is 83.3 Å². The number of allylic oxidation sites excluding steroid dienone is 4. The van der Waals surface area contributed by atoms with E-state index < -0.39 is 18.5 Å². The van der Waals surface area contributed by atoms with Gasteiger partial charge in [-0.2, -0.15) is 22.0 Å². The molecule has 4 aromatic heterocycles. The molecule has 0 unspecified atom stereocenters. The Morgan fingerprint density at radius 2 is 1.82 bits per heavy atom. The number of fused-ring (bicyclic) bond motifs is 1. The molecule has 0 amide bonds. The van der Waals surface area contributed by atoms with Crippen molar-refractivity contribution in [2.24, 2.45) is 0 Å². The predicted octanol–water partition coefficient (Wildman–Crippen LogP) is 7.16. The van der Waals surface area contributed by atoms with E-state index in [2.05, 4.69) is 31.4 Å². The number of imidazole rings is 1. The second-order valence-corrected chi connectivity index (χ2v) is 12.9. The van der Waals surface area contributed by atoms with Crippen LogP contribution in [-0.4, -0.2) is 65.7 Å². The summed E-state index contributed by atoms with van der Waals surface area (Å²) >= 11 is 0. The molecular weight excluding hydrogens is 659 g/mol. The number of likely N-dealkylation sites (tertiary alicyclic amines) is 1. The van der Waals surface area contributed by atoms with E-state index in [4.69, 9.17) is 9.72 Å². The maximum atomic E-state index is 14.3. The van der Waals surface area contributed by atoms with Crippen molar-refractivity contribution in [3.8, 4) is 17.3 Å². The van der Waals surface area contributed by atoms with Crippen LogP contribution in [0, 0.1) is 0 Å². The molecule has 0 bridgehead atoms. The third-order valence-corrected chi connectivity index (χ3v) is 9.01. The first-order valence-corrected chi connectivity index (χ1v) is 16.4. The zero-order chi connectivity index (χ0) is 35.7. The van der Waals surface area contributed by atoms with Crippen LogP contribution in [0.4, 0.5) is 22.0 Å². The molecule has 15 heteroatoms. The van der Waals surface area contributed by atoms with E-state index in [-0.39, 0.29) is 58.7 Å². The topological polar surface area (TPSA) is 104 Å². The summed E-state index contributed by atoms with van der Waals surface area (Å²) in [6.45, 7) is 5.94. The van der Waals surface area contributed by atoms with Crippen LogP contribution >= 0.6 is 0 Å². The number of piperidine rings is 1. The van der Waals surface area contributed by atoms with Crippen LogP contribution in [0.25, 0.3) is 28.5 Å². The molecule has 1 aliphatic heterocycles. The molecule has 264 valence electrons. The summed E-state index contributed by atoms with van der Waals surface area (Å²) in [5.41, 5.74) is 0.819. The van der Waals surface area contributed by atoms with Crippen LogP contribution < -0.4 is 10.3 Å². The first kappa shape index (κ1) is 35.1. The summed E-state index contributed by atoms with van der Waals surface area (Å²) in [5, 5.41) is 0.570. The van der Waals surface area contributed by atoms with Gasteiger partial charge in [-0.25, -0.2) is 24.9 Å². The van der Waals surface area contributed by atoms with Crippen LogP contribution in [0.5, 0.6) is 5.88 Å². The van der Waals surface area contributed by atoms with E-state index >= 15 is 0 Å². The van der Waals surface area contributed by atoms with E-state index in [1.54, 1.807) is 44.3 Å². The van der Waals surface area contributed by atoms with Crippen molar-refractivity contribution >= 4 is 17.1 Å². The van der Waals surface area contributed by atoms with E-state index in [0.717, 1.165) is 45.0 Å². The van der Waals surface area contributed by atoms with Gasteiger partial charge in [0.2, 0.25) is 5.88 Å². The molecular formula is C35H37F5N8O2. The molecule has 0 radical (unpaired) electrons. The number of hydrogen-bond acceptors (Lipinski definition) is 8. The van der Waals surface area contributed by atoms with E-state index in [1.807, 2.05) is 7.05 Å². The molecule has 0 N–H and O–H groups in total. The summed E-state index contributed by atoms with van der Waals surface area (Å²) in [4.78, 5) is 37.9. The summed E-state index contributed by atoms with van der Waals surface area (Å²) in [6.07, 6.45) is 8.53. The van der Waals surface area contributed by atoms with Crippen LogP contribution in [0.3, 0.4) is 0 Å². The standard InChI is InChI=1S/C35H37F5N8O2/c1-5-21(7-6-8-27-44-26(35(38,39)40)18-47(27)20(2)3)17-48-31-24(15-25(33(48)49)22-11-13-46(4)14-12-22)16-41-30(45-31)28-29(23-9-10-23)42-19-43-32(28)50-34(36)37/h5-8,15-16,18-20,22-23,34H,1,9-14,17H2,2-4H3/b8-6+,21-7+. The van der Waals surface area contributed by atoms with Crippen molar-refractivity contribution in [2.75, 3.05) is 20.1 Å². The fraction of sp³-hybridized carbons (Fsp3) is 0.429. The lowest BCUT2D eigenvalue weighted by Crippen LogP contribution is -2.33. The molecule has 0 spiro atoms. The maximum Gasteiger partial charge on any atom is 0.434 e. The number of hydrogen-bond donors (Lipinski definition) is 0. The van der Waals surface area contributed by atoms with E-state index in [0.29, 0.717) is 22.2 Å². The van der Waals surface area contributed by atoms with Crippen molar-refractivity contribution < 1.29 is 26.7 Å². The van der Waals surface area contributed by atoms with Gasteiger partial charge in [-0.3, -0.25) is 9.36 Å². The van der Waals surface area contributed by atoms with Gasteiger partial charge in [0.05, 0.1) is 12.2 Å². The van der Waals surface area contributed by atoms with Crippen molar-refractivity contribution in [3.63, 3.8) is 0 Å². The number of ether oxygens (including phenoxy) is 1. The Labute approximate surface area is 285 Å². The average Bonchev–Trinajstić information content (AvgIpc) is 3.82. The minimum Gasteiger partial charge on any atom is -0.416 e. The molecule has 10 nitrogen and oxygen atoms in total. The third-order valence-electron chi connectivity index (χ3n) is 9.01. The first-order valence-electron chi connectivity index (χ1n) is 16.4. The summed E-state index contributed by atoms with van der Waals surface area (Å²) < 4.78 is 74.8. The van der Waals surface area contributed by atoms with Gasteiger partial charge in [-0.15, -0.1) is 0 Å². The zero-order valence-electron chi connectivity index (χ0n) is 27.9. The molecule has 1 aliphatic carbocycles. The molecule has 0 aromatic carbocycles. The predicted molar refractivity (Wildman–Crippen MR) is 178 cm³/mol. The second kappa shape index (κ2) is 14.2. The number of rotatable bonds is 11. The molecule has 0 atom stereocenters. The van der Waals surface area contributed by atoms with Gasteiger partial charge in [-0.1, -0.05) is 24.8 Å². The lowest BCUT2D eigenvalue weighted by atomic mass is 9.90. The number of pyridine rings is 1. The quantitative estimate of drug-likeness (QED) is 0.120. The Hall–Kier alpha value is -4.79. The number of nitrogens with zero attached hydrogens (tertiary/aromatic N) is 8. The normalized spacial score (nSPS) is 16.7. The fourth-order valence-corrected chi connectivity index (χ4v) is 6.20. The minimum absolute atomic E-state index is 0.00200. The Balaban J connectivity index is 1.45. The highest BCUT2D eigenvalue weighted by atomic mass is 19.4. The highest BCUT2D eigenvalue weighted by Crippen LogP contribution is 2.45. The Morgan fingerprint density at radius 3 is 2.46 bits per heavy atom. The van der Waals surface area contributed by atoms with Crippen LogP contribution in [-0.2, 0) is 12.7 Å². The minimum atomic E-state index is -4.59. The van der Waals surface area contributed by atoms with E-state index in [9.17, 15) is 26.7 Å². The highest BCUT2D eigenvalue weighted by molar-refractivity contribution is 5.79. The largest absolute Gasteiger partial charge is 0.434 e. The molecule has 50 heavy (non-hydrogen) atoms. The van der Waals surface area contributed by atoms with Crippen LogP contribution in [0.2, 0.25) is 0 Å². The number of aromatic nitrogens is 7. The lowest BCUT2D eigenvalue weighted by Gasteiger charge is -2.29. The van der Waals surface area contributed by atoms with Gasteiger partial charge in [0.1, 0.15) is 23.4 Å². The monoisotopic (exact) mass is 696 g/mol. The Bertz CT molecular complexity index is 2000. The summed E-state index contributed by atoms with van der Waals surface area (Å²) in [7, 11) is 2.03. The van der Waals surface area contributed by atoms with Gasteiger partial charge in [0.25, 0.3) is 5.56 Å². The van der Waals surface area contributed by atoms with Gasteiger partial charge < -0.3 is 14.2 Å². The smallest absolute Gasteiger partial charge is 0.416 e. The van der Waals surface area contributed by atoms with Crippen LogP contribution in [0.1, 0.15) is 80.2 Å². The highest BCUT2D eigenvalue weighted by Gasteiger charge is 2.35. The first-order chi connectivity index (χ1) is 23.8. The Kier molecular flexibility index (Phi) is 9.96. The lowest BCUT2D eigenvalue weighted by molar-refractivity contribution is -0.141. The molecule has 1 saturated heterocycles. The molecule has 2 fully saturated rings. The third kappa shape index (κ3) is 7.52. The average molecular weight is 697 g/mol. The zero-order valence-corrected chi connectivity index (χ0v) is 27.9. The second-order valence-electron chi connectivity index (χ2n) is 12.9. The fourth-order valence-electron chi connectivity index (χ4n) is 6.20. The molecule has 2 aliphatic rings. The van der Waals surface area contributed by atoms with Crippen molar-refractivity contribution in [2.45, 2.75) is 76.7 Å². The van der Waals surface area contributed by atoms with Crippen molar-refractivity contribution in [1.29, 1.82) is 0 Å². The number of alkyl halides is 5. The SMILES string of the molecule is C=C/C(=C\C=C\c1nc(C(F)(F)F)cn1C(C)C)Cn1c(=O)c(C2CCN(C)CC2)cc2cnc(-c3c(OC(F)F)ncnc3C3CC3)nc21. The van der Waals surface area contributed by atoms with Gasteiger partial charge in [0, 0.05) is 35.3 Å². The Morgan fingerprint density at radius 1 is 1.08 bits per heavy atom. The van der Waals surface area contributed by atoms with Crippen molar-refractivity contribution in [3.05, 3.63) is 88.3 Å². The van der Waals surface area contributed by atoms with E-state index in [1.165, 1.54) is 21.5 Å². The molecule has 4 aromatic rings.